The maximum Gasteiger partial charge on any atom is 0.137 e. The second-order valence-corrected chi connectivity index (χ2v) is 4.88. The van der Waals surface area contributed by atoms with E-state index in [9.17, 15) is 4.39 Å². The number of hydrogen-bond acceptors (Lipinski definition) is 3. The Balaban J connectivity index is 2.28. The van der Waals surface area contributed by atoms with Gasteiger partial charge >= 0.3 is 0 Å². The fraction of sp³-hybridized carbons (Fsp3) is 0.267. The molecule has 3 nitrogen and oxygen atoms in total. The van der Waals surface area contributed by atoms with Gasteiger partial charge in [0.15, 0.2) is 0 Å². The number of halogens is 2. The van der Waals surface area contributed by atoms with Crippen LogP contribution in [0.1, 0.15) is 30.5 Å². The van der Waals surface area contributed by atoms with Crippen LogP contribution in [-0.2, 0) is 0 Å². The third kappa shape index (κ3) is 3.46. The van der Waals surface area contributed by atoms with Gasteiger partial charge < -0.3 is 10.5 Å². The summed E-state index contributed by atoms with van der Waals surface area (Å²) in [6.45, 7) is 2.62. The topological polar surface area (TPSA) is 48.1 Å². The van der Waals surface area contributed by atoms with Crippen molar-refractivity contribution in [2.75, 3.05) is 6.61 Å². The molecule has 1 heterocycles. The lowest BCUT2D eigenvalue weighted by Gasteiger charge is -2.14. The summed E-state index contributed by atoms with van der Waals surface area (Å²) >= 11 is 5.89. The molecule has 0 fully saturated rings. The van der Waals surface area contributed by atoms with Gasteiger partial charge in [0.2, 0.25) is 0 Å². The molecule has 2 rings (SSSR count). The highest BCUT2D eigenvalue weighted by Crippen LogP contribution is 2.26. The standard InChI is InChI=1S/C15H16ClFN2O/c1-2-5-20-12-6-10(8-19-9-12)15(18)13-7-11(16)3-4-14(13)17/h3-4,6-9,15H,2,5,18H2,1H3. The summed E-state index contributed by atoms with van der Waals surface area (Å²) in [4.78, 5) is 4.08. The second kappa shape index (κ2) is 6.68. The Kier molecular flexibility index (Phi) is 4.93. The van der Waals surface area contributed by atoms with Crippen LogP contribution in [0.15, 0.2) is 36.7 Å². The van der Waals surface area contributed by atoms with E-state index in [1.54, 1.807) is 18.5 Å². The Labute approximate surface area is 122 Å². The summed E-state index contributed by atoms with van der Waals surface area (Å²) in [5.41, 5.74) is 7.11. The Bertz CT molecular complexity index is 592. The first-order valence-electron chi connectivity index (χ1n) is 6.40. The predicted molar refractivity (Wildman–Crippen MR) is 77.5 cm³/mol. The molecule has 1 atom stereocenters. The van der Waals surface area contributed by atoms with Gasteiger partial charge in [0, 0.05) is 16.8 Å². The van der Waals surface area contributed by atoms with Crippen molar-refractivity contribution in [1.82, 2.24) is 4.98 Å². The normalized spacial score (nSPS) is 12.2. The van der Waals surface area contributed by atoms with Crippen LogP contribution in [0.2, 0.25) is 5.02 Å². The first kappa shape index (κ1) is 14.8. The molecule has 2 N–H and O–H groups in total. The van der Waals surface area contributed by atoms with E-state index in [2.05, 4.69) is 4.98 Å². The summed E-state index contributed by atoms with van der Waals surface area (Å²) in [5.74, 6) is 0.240. The maximum atomic E-state index is 13.8. The van der Waals surface area contributed by atoms with E-state index < -0.39 is 6.04 Å². The van der Waals surface area contributed by atoms with Crippen LogP contribution in [0.3, 0.4) is 0 Å². The number of nitrogens with zero attached hydrogens (tertiary/aromatic N) is 1. The molecule has 2 aromatic rings. The van der Waals surface area contributed by atoms with Crippen LogP contribution in [0.5, 0.6) is 5.75 Å². The molecule has 1 aromatic carbocycles. The maximum absolute atomic E-state index is 13.8. The molecule has 0 saturated heterocycles. The van der Waals surface area contributed by atoms with Gasteiger partial charge in [0.25, 0.3) is 0 Å². The Morgan fingerprint density at radius 2 is 2.15 bits per heavy atom. The molecule has 1 aromatic heterocycles. The minimum atomic E-state index is -0.633. The van der Waals surface area contributed by atoms with Crippen molar-refractivity contribution in [2.24, 2.45) is 5.73 Å². The molecule has 0 spiro atoms. The second-order valence-electron chi connectivity index (χ2n) is 4.45. The first-order valence-corrected chi connectivity index (χ1v) is 6.78. The van der Waals surface area contributed by atoms with Crippen molar-refractivity contribution in [1.29, 1.82) is 0 Å². The smallest absolute Gasteiger partial charge is 0.137 e. The number of hydrogen-bond donors (Lipinski definition) is 1. The first-order chi connectivity index (χ1) is 9.61. The van der Waals surface area contributed by atoms with Crippen LogP contribution in [0.4, 0.5) is 4.39 Å². The van der Waals surface area contributed by atoms with Crippen LogP contribution < -0.4 is 10.5 Å². The summed E-state index contributed by atoms with van der Waals surface area (Å²) in [5, 5.41) is 0.447. The molecule has 0 aliphatic carbocycles. The van der Waals surface area contributed by atoms with Crippen molar-refractivity contribution in [3.8, 4) is 5.75 Å². The lowest BCUT2D eigenvalue weighted by Crippen LogP contribution is -2.14. The molecular weight excluding hydrogens is 279 g/mol. The van der Waals surface area contributed by atoms with Gasteiger partial charge in [-0.05, 0) is 36.2 Å². The van der Waals surface area contributed by atoms with Crippen LogP contribution >= 0.6 is 11.6 Å². The average molecular weight is 295 g/mol. The zero-order valence-corrected chi connectivity index (χ0v) is 11.9. The SMILES string of the molecule is CCCOc1cncc(C(N)c2cc(Cl)ccc2F)c1. The van der Waals surface area contributed by atoms with Gasteiger partial charge in [0.05, 0.1) is 18.8 Å². The van der Waals surface area contributed by atoms with E-state index in [0.29, 0.717) is 28.5 Å². The minimum absolute atomic E-state index is 0.340. The Morgan fingerprint density at radius 3 is 2.90 bits per heavy atom. The highest BCUT2D eigenvalue weighted by molar-refractivity contribution is 6.30. The Hall–Kier alpha value is -1.65. The molecule has 0 aliphatic heterocycles. The van der Waals surface area contributed by atoms with E-state index in [0.717, 1.165) is 6.42 Å². The molecule has 0 aliphatic rings. The molecule has 0 saturated carbocycles. The minimum Gasteiger partial charge on any atom is -0.492 e. The fourth-order valence-electron chi connectivity index (χ4n) is 1.84. The predicted octanol–water partition coefficient (Wildman–Crippen LogP) is 3.71. The van der Waals surface area contributed by atoms with Gasteiger partial charge in [-0.2, -0.15) is 0 Å². The van der Waals surface area contributed by atoms with Crippen LogP contribution in [-0.4, -0.2) is 11.6 Å². The molecular formula is C15H16ClFN2O. The molecule has 5 heteroatoms. The zero-order valence-electron chi connectivity index (χ0n) is 11.1. The van der Waals surface area contributed by atoms with E-state index in [1.807, 2.05) is 6.92 Å². The summed E-state index contributed by atoms with van der Waals surface area (Å²) < 4.78 is 19.3. The molecule has 0 radical (unpaired) electrons. The van der Waals surface area contributed by atoms with Crippen molar-refractivity contribution in [3.63, 3.8) is 0 Å². The molecule has 0 amide bonds. The van der Waals surface area contributed by atoms with Crippen LogP contribution in [0, 0.1) is 5.82 Å². The van der Waals surface area contributed by atoms with Crippen LogP contribution in [0.25, 0.3) is 0 Å². The molecule has 106 valence electrons. The van der Waals surface area contributed by atoms with Gasteiger partial charge in [-0.15, -0.1) is 0 Å². The zero-order chi connectivity index (χ0) is 14.5. The number of aromatic nitrogens is 1. The van der Waals surface area contributed by atoms with Crippen molar-refractivity contribution < 1.29 is 9.13 Å². The number of pyridine rings is 1. The van der Waals surface area contributed by atoms with Gasteiger partial charge in [-0.3, -0.25) is 4.98 Å². The van der Waals surface area contributed by atoms with Gasteiger partial charge in [-0.1, -0.05) is 18.5 Å². The lowest BCUT2D eigenvalue weighted by atomic mass is 10.0. The quantitative estimate of drug-likeness (QED) is 0.914. The number of benzene rings is 1. The number of ether oxygens (including phenoxy) is 1. The van der Waals surface area contributed by atoms with Gasteiger partial charge in [-0.25, -0.2) is 4.39 Å². The Morgan fingerprint density at radius 1 is 1.35 bits per heavy atom. The third-order valence-corrected chi connectivity index (χ3v) is 3.09. The van der Waals surface area contributed by atoms with Crippen molar-refractivity contribution in [2.45, 2.75) is 19.4 Å². The average Bonchev–Trinajstić information content (AvgIpc) is 2.47. The summed E-state index contributed by atoms with van der Waals surface area (Å²) in [6, 6.07) is 5.47. The van der Waals surface area contributed by atoms with E-state index in [4.69, 9.17) is 22.1 Å². The van der Waals surface area contributed by atoms with E-state index in [1.165, 1.54) is 18.2 Å². The molecule has 0 bridgehead atoms. The monoisotopic (exact) mass is 294 g/mol. The third-order valence-electron chi connectivity index (χ3n) is 2.86. The molecule has 1 unspecified atom stereocenters. The largest absolute Gasteiger partial charge is 0.492 e. The molecule has 20 heavy (non-hydrogen) atoms. The van der Waals surface area contributed by atoms with E-state index >= 15 is 0 Å². The summed E-state index contributed by atoms with van der Waals surface area (Å²) in [7, 11) is 0. The summed E-state index contributed by atoms with van der Waals surface area (Å²) in [6.07, 6.45) is 4.11. The fourth-order valence-corrected chi connectivity index (χ4v) is 2.02. The highest BCUT2D eigenvalue weighted by atomic mass is 35.5. The highest BCUT2D eigenvalue weighted by Gasteiger charge is 2.15. The van der Waals surface area contributed by atoms with Crippen molar-refractivity contribution >= 4 is 11.6 Å². The number of rotatable bonds is 5. The van der Waals surface area contributed by atoms with Crippen molar-refractivity contribution in [3.05, 3.63) is 58.6 Å². The van der Waals surface area contributed by atoms with Gasteiger partial charge in [0.1, 0.15) is 11.6 Å². The van der Waals surface area contributed by atoms with E-state index in [-0.39, 0.29) is 5.82 Å². The lowest BCUT2D eigenvalue weighted by molar-refractivity contribution is 0.315. The number of nitrogens with two attached hydrogens (primary N) is 1.